The van der Waals surface area contributed by atoms with E-state index >= 15 is 0 Å². The van der Waals surface area contributed by atoms with E-state index in [9.17, 15) is 4.79 Å². The summed E-state index contributed by atoms with van der Waals surface area (Å²) in [5.41, 5.74) is 1.55. The summed E-state index contributed by atoms with van der Waals surface area (Å²) in [4.78, 5) is 11.9. The highest BCUT2D eigenvalue weighted by Crippen LogP contribution is 2.35. The predicted octanol–water partition coefficient (Wildman–Crippen LogP) is 5.05. The Morgan fingerprint density at radius 2 is 1.77 bits per heavy atom. The van der Waals surface area contributed by atoms with Crippen molar-refractivity contribution in [1.82, 2.24) is 15.4 Å². The summed E-state index contributed by atoms with van der Waals surface area (Å²) >= 11 is 0. The smallest absolute Gasteiger partial charge is 0.362 e. The Hall–Kier alpha value is -2.57. The first-order chi connectivity index (χ1) is 15.2. The number of aromatic amines is 1. The van der Waals surface area contributed by atoms with Crippen LogP contribution in [0.1, 0.15) is 86.7 Å². The van der Waals surface area contributed by atoms with E-state index in [1.165, 1.54) is 37.7 Å². The van der Waals surface area contributed by atoms with Gasteiger partial charge in [0.25, 0.3) is 5.88 Å². The number of carbonyl (C=O) groups excluding carboxylic acids is 1. The largest absolute Gasteiger partial charge is 0.493 e. The fourth-order valence-electron chi connectivity index (χ4n) is 4.71. The molecule has 0 aliphatic heterocycles. The Kier molecular flexibility index (Phi) is 7.43. The molecule has 0 amide bonds. The first-order valence-electron chi connectivity index (χ1n) is 11.7. The molecule has 0 unspecified atom stereocenters. The van der Waals surface area contributed by atoms with Crippen LogP contribution in [0.25, 0.3) is 0 Å². The van der Waals surface area contributed by atoms with Crippen LogP contribution < -0.4 is 9.47 Å². The highest BCUT2D eigenvalue weighted by molar-refractivity contribution is 5.89. The number of rotatable bonds is 8. The number of nitrogens with zero attached hydrogens (tertiary/aromatic N) is 2. The van der Waals surface area contributed by atoms with Gasteiger partial charge in [0.2, 0.25) is 5.69 Å². The zero-order chi connectivity index (χ0) is 21.5. The second kappa shape index (κ2) is 10.6. The molecule has 168 valence electrons. The maximum atomic E-state index is 11.9. The van der Waals surface area contributed by atoms with Crippen LogP contribution in [0.3, 0.4) is 0 Å². The molecule has 1 aromatic heterocycles. The molecule has 0 radical (unpaired) electrons. The monoisotopic (exact) mass is 427 g/mol. The second-order valence-electron chi connectivity index (χ2n) is 8.69. The molecule has 1 heterocycles. The molecule has 4 rings (SSSR count). The fraction of sp³-hybridized carbons (Fsp3) is 0.625. The van der Waals surface area contributed by atoms with Gasteiger partial charge in [0.15, 0.2) is 0 Å². The third-order valence-corrected chi connectivity index (χ3v) is 6.51. The lowest BCUT2D eigenvalue weighted by molar-refractivity contribution is 0.0508. The summed E-state index contributed by atoms with van der Waals surface area (Å²) in [6.07, 6.45) is 10.6. The van der Waals surface area contributed by atoms with Gasteiger partial charge < -0.3 is 14.2 Å². The molecule has 2 saturated carbocycles. The van der Waals surface area contributed by atoms with Gasteiger partial charge in [-0.2, -0.15) is 0 Å². The quantitative estimate of drug-likeness (QED) is 0.594. The van der Waals surface area contributed by atoms with Crippen LogP contribution in [-0.4, -0.2) is 40.7 Å². The van der Waals surface area contributed by atoms with Gasteiger partial charge in [-0.15, -0.1) is 0 Å². The molecule has 2 aromatic rings. The number of carbonyl (C=O) groups is 1. The molecule has 7 heteroatoms. The molecular formula is C24H33N3O4. The summed E-state index contributed by atoms with van der Waals surface area (Å²) in [7, 11) is 0. The lowest BCUT2D eigenvalue weighted by Crippen LogP contribution is -2.24. The molecule has 1 aromatic carbocycles. The van der Waals surface area contributed by atoms with Crippen LogP contribution >= 0.6 is 0 Å². The summed E-state index contributed by atoms with van der Waals surface area (Å²) in [6, 6.07) is 8.64. The van der Waals surface area contributed by atoms with Gasteiger partial charge in [0.05, 0.1) is 13.2 Å². The maximum absolute atomic E-state index is 11.9. The molecule has 2 aliphatic carbocycles. The standard InChI is InChI=1S/C24H33N3O4/c1-2-29-24(28)22-23(26-27-25-22)31-21-14-10-19(11-15-21)18-8-12-20(13-9-18)30-16-17-6-4-3-5-7-17/h8-9,12-13,17,19,21H,2-7,10-11,14-16H2,1H3,(H,25,26,27). The lowest BCUT2D eigenvalue weighted by Gasteiger charge is -2.28. The summed E-state index contributed by atoms with van der Waals surface area (Å²) in [5.74, 6) is 1.97. The maximum Gasteiger partial charge on any atom is 0.362 e. The van der Waals surface area contributed by atoms with Crippen LogP contribution in [0.2, 0.25) is 0 Å². The molecule has 7 nitrogen and oxygen atoms in total. The highest BCUT2D eigenvalue weighted by Gasteiger charge is 2.27. The minimum atomic E-state index is -0.484. The van der Waals surface area contributed by atoms with Crippen LogP contribution in [0, 0.1) is 5.92 Å². The van der Waals surface area contributed by atoms with Crippen molar-refractivity contribution in [3.8, 4) is 11.6 Å². The molecule has 31 heavy (non-hydrogen) atoms. The average Bonchev–Trinajstić information content (AvgIpc) is 3.28. The number of benzene rings is 1. The van der Waals surface area contributed by atoms with Crippen LogP contribution in [0.15, 0.2) is 24.3 Å². The van der Waals surface area contributed by atoms with Crippen LogP contribution in [0.5, 0.6) is 11.6 Å². The molecule has 0 bridgehead atoms. The van der Waals surface area contributed by atoms with E-state index in [-0.39, 0.29) is 17.7 Å². The zero-order valence-corrected chi connectivity index (χ0v) is 18.3. The summed E-state index contributed by atoms with van der Waals surface area (Å²) < 4.78 is 17.0. The Morgan fingerprint density at radius 3 is 2.48 bits per heavy atom. The normalized spacial score (nSPS) is 22.1. The summed E-state index contributed by atoms with van der Waals surface area (Å²) in [5, 5.41) is 10.2. The first kappa shape index (κ1) is 21.7. The number of hydrogen-bond donors (Lipinski definition) is 1. The van der Waals surface area contributed by atoms with Gasteiger partial charge in [-0.1, -0.05) is 41.7 Å². The number of ether oxygens (including phenoxy) is 3. The van der Waals surface area contributed by atoms with Crippen molar-refractivity contribution in [2.45, 2.75) is 76.7 Å². The first-order valence-corrected chi connectivity index (χ1v) is 11.7. The van der Waals surface area contributed by atoms with Gasteiger partial charge >= 0.3 is 5.97 Å². The second-order valence-corrected chi connectivity index (χ2v) is 8.69. The van der Waals surface area contributed by atoms with Gasteiger partial charge in [0, 0.05) is 0 Å². The van der Waals surface area contributed by atoms with E-state index in [4.69, 9.17) is 14.2 Å². The minimum absolute atomic E-state index is 0.0348. The van der Waals surface area contributed by atoms with Gasteiger partial charge in [-0.3, -0.25) is 0 Å². The Morgan fingerprint density at radius 1 is 1.03 bits per heavy atom. The summed E-state index contributed by atoms with van der Waals surface area (Å²) in [6.45, 7) is 2.91. The molecule has 2 fully saturated rings. The average molecular weight is 428 g/mol. The van der Waals surface area contributed by atoms with Crippen molar-refractivity contribution in [2.75, 3.05) is 13.2 Å². The molecule has 0 atom stereocenters. The minimum Gasteiger partial charge on any atom is -0.493 e. The van der Waals surface area contributed by atoms with Crippen molar-refractivity contribution in [3.05, 3.63) is 35.5 Å². The van der Waals surface area contributed by atoms with Crippen molar-refractivity contribution in [2.24, 2.45) is 5.92 Å². The van der Waals surface area contributed by atoms with E-state index < -0.39 is 5.97 Å². The van der Waals surface area contributed by atoms with E-state index in [0.717, 1.165) is 44.0 Å². The number of aromatic nitrogens is 3. The SMILES string of the molecule is CCOC(=O)c1[nH]nnc1OC1CCC(c2ccc(OCC3CCCCC3)cc2)CC1. The van der Waals surface area contributed by atoms with E-state index in [0.29, 0.717) is 12.5 Å². The molecule has 2 aliphatic rings. The van der Waals surface area contributed by atoms with Crippen LogP contribution in [-0.2, 0) is 4.74 Å². The molecule has 0 spiro atoms. The fourth-order valence-corrected chi connectivity index (χ4v) is 4.71. The van der Waals surface area contributed by atoms with Gasteiger partial charge in [-0.25, -0.2) is 9.89 Å². The van der Waals surface area contributed by atoms with E-state index in [1.54, 1.807) is 6.92 Å². The van der Waals surface area contributed by atoms with Crippen LogP contribution in [0.4, 0.5) is 0 Å². The lowest BCUT2D eigenvalue weighted by atomic mass is 9.83. The zero-order valence-electron chi connectivity index (χ0n) is 18.3. The molecule has 1 N–H and O–H groups in total. The Balaban J connectivity index is 1.24. The van der Waals surface area contributed by atoms with E-state index in [2.05, 4.69) is 39.7 Å². The van der Waals surface area contributed by atoms with Gasteiger partial charge in [-0.05, 0) is 75.0 Å². The predicted molar refractivity (Wildman–Crippen MR) is 116 cm³/mol. The van der Waals surface area contributed by atoms with E-state index in [1.807, 2.05) is 0 Å². The van der Waals surface area contributed by atoms with Crippen molar-refractivity contribution in [1.29, 1.82) is 0 Å². The topological polar surface area (TPSA) is 86.3 Å². The molecule has 0 saturated heterocycles. The Labute approximate surface area is 183 Å². The van der Waals surface area contributed by atoms with Crippen molar-refractivity contribution in [3.63, 3.8) is 0 Å². The number of esters is 1. The third kappa shape index (κ3) is 5.77. The third-order valence-electron chi connectivity index (χ3n) is 6.51. The van der Waals surface area contributed by atoms with Crippen molar-refractivity contribution < 1.29 is 19.0 Å². The van der Waals surface area contributed by atoms with Crippen molar-refractivity contribution >= 4 is 5.97 Å². The highest BCUT2D eigenvalue weighted by atomic mass is 16.5. The number of H-pyrrole nitrogens is 1. The Bertz CT molecular complexity index is 822. The number of nitrogens with one attached hydrogen (secondary N) is 1. The van der Waals surface area contributed by atoms with Gasteiger partial charge in [0.1, 0.15) is 11.9 Å². The number of hydrogen-bond acceptors (Lipinski definition) is 6. The molecular weight excluding hydrogens is 394 g/mol.